The second-order valence-corrected chi connectivity index (χ2v) is 8.60. The van der Waals surface area contributed by atoms with E-state index in [2.05, 4.69) is 32.4 Å². The van der Waals surface area contributed by atoms with Crippen molar-refractivity contribution in [3.8, 4) is 28.7 Å². The molecule has 5 heterocycles. The monoisotopic (exact) mass is 435 g/mol. The fourth-order valence-corrected chi connectivity index (χ4v) is 4.93. The topological polar surface area (TPSA) is 114 Å². The number of nitrogens with zero attached hydrogens (tertiary/aromatic N) is 8. The van der Waals surface area contributed by atoms with Crippen LogP contribution in [0, 0.1) is 11.3 Å². The van der Waals surface area contributed by atoms with Gasteiger partial charge in [-0.1, -0.05) is 0 Å². The van der Waals surface area contributed by atoms with Crippen molar-refractivity contribution < 1.29 is 0 Å². The number of rotatable bonds is 5. The number of pyridine rings is 2. The molecule has 5 aromatic rings. The van der Waals surface area contributed by atoms with Crippen LogP contribution in [0.5, 0.6) is 0 Å². The number of aromatic amines is 1. The highest BCUT2D eigenvalue weighted by Gasteiger charge is 2.48. The van der Waals surface area contributed by atoms with Crippen LogP contribution in [0.3, 0.4) is 0 Å². The Morgan fingerprint density at radius 1 is 1.21 bits per heavy atom. The molecule has 9 nitrogen and oxygen atoms in total. The van der Waals surface area contributed by atoms with Gasteiger partial charge in [-0.2, -0.15) is 20.6 Å². The van der Waals surface area contributed by atoms with E-state index in [9.17, 15) is 5.26 Å². The second kappa shape index (κ2) is 7.38. The summed E-state index contributed by atoms with van der Waals surface area (Å²) in [6, 6.07) is 12.3. The molecule has 0 amide bonds. The predicted octanol–water partition coefficient (Wildman–Crippen LogP) is 3.80. The number of hydrogen-bond donors (Lipinski definition) is 1. The highest BCUT2D eigenvalue weighted by Crippen LogP contribution is 2.51. The van der Waals surface area contributed by atoms with Crippen molar-refractivity contribution in [3.63, 3.8) is 0 Å². The number of hydrogen-bond acceptors (Lipinski definition) is 6. The third-order valence-corrected chi connectivity index (χ3v) is 6.65. The van der Waals surface area contributed by atoms with Crippen LogP contribution in [0.2, 0.25) is 0 Å². The lowest BCUT2D eigenvalue weighted by molar-refractivity contribution is 0.0965. The molecule has 1 N–H and O–H groups in total. The first kappa shape index (κ1) is 19.4. The van der Waals surface area contributed by atoms with Crippen molar-refractivity contribution in [2.24, 2.45) is 7.05 Å². The van der Waals surface area contributed by atoms with Gasteiger partial charge >= 0.3 is 0 Å². The Labute approximate surface area is 189 Å². The van der Waals surface area contributed by atoms with Crippen molar-refractivity contribution in [3.05, 3.63) is 67.0 Å². The molecule has 0 saturated heterocycles. The lowest BCUT2D eigenvalue weighted by Crippen LogP contribution is -2.46. The summed E-state index contributed by atoms with van der Waals surface area (Å²) in [6.07, 6.45) is 11.2. The lowest BCUT2D eigenvalue weighted by atomic mass is 9.65. The lowest BCUT2D eigenvalue weighted by Gasteiger charge is -2.46. The Morgan fingerprint density at radius 2 is 2.12 bits per heavy atom. The van der Waals surface area contributed by atoms with E-state index in [1.807, 2.05) is 59.3 Å². The molecule has 0 aliphatic heterocycles. The van der Waals surface area contributed by atoms with E-state index in [0.29, 0.717) is 12.3 Å². The van der Waals surface area contributed by atoms with E-state index in [0.717, 1.165) is 46.4 Å². The van der Waals surface area contributed by atoms with Crippen LogP contribution in [0.4, 0.5) is 0 Å². The molecule has 1 aliphatic carbocycles. The van der Waals surface area contributed by atoms with Crippen LogP contribution in [0.15, 0.2) is 61.3 Å². The molecular weight excluding hydrogens is 414 g/mol. The Hall–Kier alpha value is -4.32. The molecule has 162 valence electrons. The van der Waals surface area contributed by atoms with Crippen LogP contribution >= 0.6 is 0 Å². The Bertz CT molecular complexity index is 1480. The van der Waals surface area contributed by atoms with E-state index in [-0.39, 0.29) is 5.54 Å². The maximum absolute atomic E-state index is 9.57. The molecule has 0 unspecified atom stereocenters. The molecule has 0 bridgehead atoms. The summed E-state index contributed by atoms with van der Waals surface area (Å²) in [5.74, 6) is 0.367. The average Bonchev–Trinajstić information content (AvgIpc) is 3.57. The zero-order chi connectivity index (χ0) is 22.4. The first-order valence-corrected chi connectivity index (χ1v) is 10.8. The molecule has 9 heteroatoms. The van der Waals surface area contributed by atoms with Crippen molar-refractivity contribution in [2.45, 2.75) is 30.7 Å². The van der Waals surface area contributed by atoms with Gasteiger partial charge < -0.3 is 0 Å². The van der Waals surface area contributed by atoms with Gasteiger partial charge in [0.25, 0.3) is 0 Å². The minimum atomic E-state index is -0.321. The van der Waals surface area contributed by atoms with Crippen LogP contribution in [-0.4, -0.2) is 39.7 Å². The number of H-pyrrole nitrogens is 1. The molecule has 1 fully saturated rings. The van der Waals surface area contributed by atoms with Gasteiger partial charge in [0.05, 0.1) is 35.4 Å². The Balaban J connectivity index is 1.40. The summed E-state index contributed by atoms with van der Waals surface area (Å²) in [4.78, 5) is 9.45. The van der Waals surface area contributed by atoms with Gasteiger partial charge in [-0.15, -0.1) is 0 Å². The van der Waals surface area contributed by atoms with Crippen molar-refractivity contribution in [2.75, 3.05) is 0 Å². The van der Waals surface area contributed by atoms with E-state index < -0.39 is 0 Å². The molecule has 0 atom stereocenters. The minimum Gasteiger partial charge on any atom is -0.285 e. The molecular formula is C24H21N9. The fraction of sp³-hybridized carbons (Fsp3) is 0.250. The van der Waals surface area contributed by atoms with Gasteiger partial charge in [0.15, 0.2) is 0 Å². The van der Waals surface area contributed by atoms with Gasteiger partial charge in [0.1, 0.15) is 11.4 Å². The number of nitriles is 1. The Morgan fingerprint density at radius 3 is 2.88 bits per heavy atom. The van der Waals surface area contributed by atoms with Crippen LogP contribution in [0.25, 0.3) is 33.5 Å². The highest BCUT2D eigenvalue weighted by molar-refractivity contribution is 5.93. The van der Waals surface area contributed by atoms with E-state index in [1.165, 1.54) is 5.69 Å². The Kier molecular flexibility index (Phi) is 4.33. The molecule has 1 aliphatic rings. The van der Waals surface area contributed by atoms with Crippen molar-refractivity contribution in [1.82, 2.24) is 39.7 Å². The zero-order valence-electron chi connectivity index (χ0n) is 18.0. The third-order valence-electron chi connectivity index (χ3n) is 6.65. The fourth-order valence-electron chi connectivity index (χ4n) is 4.93. The molecule has 6 rings (SSSR count). The average molecular weight is 435 g/mol. The molecule has 1 saturated carbocycles. The maximum atomic E-state index is 9.57. The van der Waals surface area contributed by atoms with E-state index in [4.69, 9.17) is 10.1 Å². The summed E-state index contributed by atoms with van der Waals surface area (Å²) in [6.45, 7) is 0. The summed E-state index contributed by atoms with van der Waals surface area (Å²) < 4.78 is 3.88. The van der Waals surface area contributed by atoms with Crippen LogP contribution < -0.4 is 0 Å². The first-order chi connectivity index (χ1) is 16.2. The van der Waals surface area contributed by atoms with Gasteiger partial charge in [-0.25, -0.2) is 4.98 Å². The summed E-state index contributed by atoms with van der Waals surface area (Å²) in [5.41, 5.74) is 4.93. The third kappa shape index (κ3) is 3.10. The molecule has 5 aromatic heterocycles. The van der Waals surface area contributed by atoms with Gasteiger partial charge in [-0.3, -0.25) is 19.4 Å². The quantitative estimate of drug-likeness (QED) is 0.449. The van der Waals surface area contributed by atoms with Crippen molar-refractivity contribution in [1.29, 1.82) is 5.26 Å². The summed E-state index contributed by atoms with van der Waals surface area (Å²) in [7, 11) is 1.96. The zero-order valence-corrected chi connectivity index (χ0v) is 18.0. The first-order valence-electron chi connectivity index (χ1n) is 10.8. The van der Waals surface area contributed by atoms with Crippen LogP contribution in [0.1, 0.15) is 30.9 Å². The standard InChI is InChI=1S/C24H21N9/c1-32-22(4-9-29-32)16-12-24(13-16,6-7-25)33-10-5-19(31-33)23-18-3-2-8-26-21(18)11-20(30-23)17-14-27-28-15-17/h2-5,8-11,14-16H,6,12-13H2,1H3,(H,27,28)/t16-,24+. The molecule has 0 radical (unpaired) electrons. The number of aryl methyl sites for hydroxylation is 1. The number of aromatic nitrogens is 8. The van der Waals surface area contributed by atoms with Gasteiger partial charge in [0, 0.05) is 54.4 Å². The predicted molar refractivity (Wildman–Crippen MR) is 122 cm³/mol. The van der Waals surface area contributed by atoms with E-state index >= 15 is 0 Å². The largest absolute Gasteiger partial charge is 0.285 e. The number of nitrogens with one attached hydrogen (secondary N) is 1. The smallest absolute Gasteiger partial charge is 0.111 e. The number of fused-ring (bicyclic) bond motifs is 1. The SMILES string of the molecule is Cn1nccc1[C@H]1C[C@@](CC#N)(n2ccc(-c3nc(-c4cn[nH]c4)cc4ncccc34)n2)C1. The normalized spacial score (nSPS) is 19.9. The highest BCUT2D eigenvalue weighted by atomic mass is 15.3. The molecule has 0 aromatic carbocycles. The molecule has 33 heavy (non-hydrogen) atoms. The summed E-state index contributed by atoms with van der Waals surface area (Å²) >= 11 is 0. The van der Waals surface area contributed by atoms with Gasteiger partial charge in [0.2, 0.25) is 0 Å². The second-order valence-electron chi connectivity index (χ2n) is 8.60. The summed E-state index contributed by atoms with van der Waals surface area (Å²) in [5, 5.41) is 26.6. The van der Waals surface area contributed by atoms with Crippen LogP contribution in [-0.2, 0) is 12.6 Å². The van der Waals surface area contributed by atoms with Crippen molar-refractivity contribution >= 4 is 10.9 Å². The maximum Gasteiger partial charge on any atom is 0.111 e. The van der Waals surface area contributed by atoms with Gasteiger partial charge in [-0.05, 0) is 43.2 Å². The molecule has 0 spiro atoms. The minimum absolute atomic E-state index is 0.321. The van der Waals surface area contributed by atoms with E-state index in [1.54, 1.807) is 12.4 Å².